The molecule has 1 N–H and O–H groups in total. The number of sulfonamides is 1. The second-order valence-corrected chi connectivity index (χ2v) is 7.18. The van der Waals surface area contributed by atoms with Crippen molar-refractivity contribution in [2.24, 2.45) is 5.92 Å². The number of carboxylic acid groups (broad SMARTS) is 1. The average Bonchev–Trinajstić information content (AvgIpc) is 2.87. The van der Waals surface area contributed by atoms with E-state index in [2.05, 4.69) is 0 Å². The molecule has 7 heteroatoms. The Kier molecular flexibility index (Phi) is 4.53. The molecular formula is C14H19NO5S. The van der Waals surface area contributed by atoms with Crippen molar-refractivity contribution in [3.8, 4) is 5.75 Å². The van der Waals surface area contributed by atoms with Crippen LogP contribution in [0.15, 0.2) is 23.1 Å². The highest BCUT2D eigenvalue weighted by atomic mass is 32.2. The maximum Gasteiger partial charge on any atom is 0.303 e. The van der Waals surface area contributed by atoms with Gasteiger partial charge in [-0.15, -0.1) is 0 Å². The van der Waals surface area contributed by atoms with Gasteiger partial charge in [-0.05, 0) is 37.0 Å². The summed E-state index contributed by atoms with van der Waals surface area (Å²) < 4.78 is 31.9. The van der Waals surface area contributed by atoms with Gasteiger partial charge in [0.05, 0.1) is 7.11 Å². The number of methoxy groups -OCH3 is 1. The van der Waals surface area contributed by atoms with Gasteiger partial charge in [-0.25, -0.2) is 8.42 Å². The molecule has 1 unspecified atom stereocenters. The fourth-order valence-corrected chi connectivity index (χ4v) is 4.33. The molecule has 21 heavy (non-hydrogen) atoms. The van der Waals surface area contributed by atoms with E-state index in [4.69, 9.17) is 9.84 Å². The van der Waals surface area contributed by atoms with Crippen molar-refractivity contribution in [3.63, 3.8) is 0 Å². The number of carbonyl (C=O) groups is 1. The van der Waals surface area contributed by atoms with Crippen molar-refractivity contribution in [1.29, 1.82) is 0 Å². The molecule has 116 valence electrons. The van der Waals surface area contributed by atoms with E-state index >= 15 is 0 Å². The Morgan fingerprint density at radius 1 is 1.48 bits per heavy atom. The third-order valence-corrected chi connectivity index (χ3v) is 5.54. The van der Waals surface area contributed by atoms with Gasteiger partial charge in [-0.1, -0.05) is 6.07 Å². The number of aryl methyl sites for hydroxylation is 1. The van der Waals surface area contributed by atoms with Crippen LogP contribution in [-0.2, 0) is 14.8 Å². The molecule has 1 heterocycles. The lowest BCUT2D eigenvalue weighted by Crippen LogP contribution is -2.29. The van der Waals surface area contributed by atoms with Crippen LogP contribution in [0.3, 0.4) is 0 Å². The highest BCUT2D eigenvalue weighted by Gasteiger charge is 2.35. The summed E-state index contributed by atoms with van der Waals surface area (Å²) >= 11 is 0. The number of nitrogens with zero attached hydrogens (tertiary/aromatic N) is 1. The monoisotopic (exact) mass is 313 g/mol. The van der Waals surface area contributed by atoms with Gasteiger partial charge < -0.3 is 9.84 Å². The lowest BCUT2D eigenvalue weighted by atomic mass is 10.1. The first-order chi connectivity index (χ1) is 9.84. The summed E-state index contributed by atoms with van der Waals surface area (Å²) in [7, 11) is -2.23. The van der Waals surface area contributed by atoms with Crippen LogP contribution in [0.2, 0.25) is 0 Å². The highest BCUT2D eigenvalue weighted by Crippen LogP contribution is 2.31. The molecule has 0 radical (unpaired) electrons. The van der Waals surface area contributed by atoms with Crippen molar-refractivity contribution >= 4 is 16.0 Å². The number of hydrogen-bond acceptors (Lipinski definition) is 4. The van der Waals surface area contributed by atoms with Crippen LogP contribution in [-0.4, -0.2) is 44.0 Å². The maximum atomic E-state index is 12.7. The van der Waals surface area contributed by atoms with Crippen LogP contribution in [0.1, 0.15) is 18.4 Å². The van der Waals surface area contributed by atoms with Crippen molar-refractivity contribution in [3.05, 3.63) is 23.8 Å². The van der Waals surface area contributed by atoms with Gasteiger partial charge in [-0.3, -0.25) is 4.79 Å². The smallest absolute Gasteiger partial charge is 0.303 e. The predicted molar refractivity (Wildman–Crippen MR) is 76.8 cm³/mol. The minimum Gasteiger partial charge on any atom is -0.495 e. The zero-order chi connectivity index (χ0) is 15.6. The van der Waals surface area contributed by atoms with E-state index in [9.17, 15) is 13.2 Å². The van der Waals surface area contributed by atoms with Gasteiger partial charge >= 0.3 is 5.97 Å². The Morgan fingerprint density at radius 2 is 2.19 bits per heavy atom. The minimum atomic E-state index is -3.66. The molecule has 1 atom stereocenters. The Labute approximate surface area is 124 Å². The van der Waals surface area contributed by atoms with Crippen molar-refractivity contribution < 1.29 is 23.1 Å². The Morgan fingerprint density at radius 3 is 2.81 bits per heavy atom. The molecule has 1 aromatic carbocycles. The molecule has 1 aliphatic heterocycles. The topological polar surface area (TPSA) is 83.9 Å². The molecule has 2 rings (SSSR count). The fourth-order valence-electron chi connectivity index (χ4n) is 2.55. The number of aliphatic carboxylic acids is 1. The molecule has 0 aromatic heterocycles. The summed E-state index contributed by atoms with van der Waals surface area (Å²) in [4.78, 5) is 10.9. The second kappa shape index (κ2) is 6.03. The van der Waals surface area contributed by atoms with Crippen LogP contribution in [0, 0.1) is 12.8 Å². The Bertz CT molecular complexity index is 641. The molecule has 0 aliphatic carbocycles. The first kappa shape index (κ1) is 15.8. The standard InChI is InChI=1S/C14H19NO5S/c1-10-3-4-12(20-2)13(7-10)21(18,19)15-6-5-11(9-15)8-14(16)17/h3-4,7,11H,5-6,8-9H2,1-2H3,(H,16,17). The highest BCUT2D eigenvalue weighted by molar-refractivity contribution is 7.89. The molecule has 1 fully saturated rings. The summed E-state index contributed by atoms with van der Waals surface area (Å²) in [6, 6.07) is 5.00. The van der Waals surface area contributed by atoms with E-state index in [1.165, 1.54) is 11.4 Å². The van der Waals surface area contributed by atoms with Gasteiger partial charge in [0.2, 0.25) is 10.0 Å². The lowest BCUT2D eigenvalue weighted by Gasteiger charge is -2.18. The molecule has 1 aliphatic rings. The van der Waals surface area contributed by atoms with Crippen LogP contribution < -0.4 is 4.74 Å². The van der Waals surface area contributed by atoms with Gasteiger partial charge in [-0.2, -0.15) is 4.31 Å². The van der Waals surface area contributed by atoms with Gasteiger partial charge in [0.1, 0.15) is 10.6 Å². The zero-order valence-electron chi connectivity index (χ0n) is 12.1. The van der Waals surface area contributed by atoms with Gasteiger partial charge in [0, 0.05) is 19.5 Å². The summed E-state index contributed by atoms with van der Waals surface area (Å²) in [5.41, 5.74) is 0.829. The number of hydrogen-bond donors (Lipinski definition) is 1. The van der Waals surface area contributed by atoms with Gasteiger partial charge in [0.25, 0.3) is 0 Å². The summed E-state index contributed by atoms with van der Waals surface area (Å²) in [5.74, 6) is -0.720. The van der Waals surface area contributed by atoms with Crippen molar-refractivity contribution in [1.82, 2.24) is 4.31 Å². The second-order valence-electron chi connectivity index (χ2n) is 5.27. The quantitative estimate of drug-likeness (QED) is 0.890. The van der Waals surface area contributed by atoms with Crippen LogP contribution in [0.4, 0.5) is 0 Å². The van der Waals surface area contributed by atoms with Crippen molar-refractivity contribution in [2.45, 2.75) is 24.7 Å². The summed E-state index contributed by atoms with van der Waals surface area (Å²) in [6.07, 6.45) is 0.566. The SMILES string of the molecule is COc1ccc(C)cc1S(=O)(=O)N1CCC(CC(=O)O)C1. The van der Waals surface area contributed by atoms with E-state index in [0.717, 1.165) is 5.56 Å². The van der Waals surface area contributed by atoms with Crippen LogP contribution in [0.25, 0.3) is 0 Å². The molecule has 1 aromatic rings. The lowest BCUT2D eigenvalue weighted by molar-refractivity contribution is -0.137. The summed E-state index contributed by atoms with van der Waals surface area (Å²) in [5, 5.41) is 8.81. The molecule has 0 amide bonds. The fraction of sp³-hybridized carbons (Fsp3) is 0.500. The number of rotatable bonds is 5. The molecule has 0 bridgehead atoms. The minimum absolute atomic E-state index is 0.00300. The van der Waals surface area contributed by atoms with E-state index in [1.807, 2.05) is 6.92 Å². The average molecular weight is 313 g/mol. The predicted octanol–water partition coefficient (Wildman–Crippen LogP) is 1.49. The number of carboxylic acids is 1. The normalized spacial score (nSPS) is 19.6. The number of benzene rings is 1. The van der Waals surface area contributed by atoms with E-state index in [1.54, 1.807) is 18.2 Å². The molecular weight excluding hydrogens is 294 g/mol. The number of ether oxygens (including phenoxy) is 1. The van der Waals surface area contributed by atoms with Crippen molar-refractivity contribution in [2.75, 3.05) is 20.2 Å². The van der Waals surface area contributed by atoms with Crippen LogP contribution >= 0.6 is 0 Å². The maximum absolute atomic E-state index is 12.7. The molecule has 1 saturated heterocycles. The molecule has 6 nitrogen and oxygen atoms in total. The summed E-state index contributed by atoms with van der Waals surface area (Å²) in [6.45, 7) is 2.40. The third-order valence-electron chi connectivity index (χ3n) is 3.65. The van der Waals surface area contributed by atoms with E-state index in [0.29, 0.717) is 18.7 Å². The Balaban J connectivity index is 2.27. The Hall–Kier alpha value is -1.60. The zero-order valence-corrected chi connectivity index (χ0v) is 12.9. The van der Waals surface area contributed by atoms with E-state index in [-0.39, 0.29) is 23.8 Å². The third kappa shape index (κ3) is 3.36. The molecule has 0 saturated carbocycles. The van der Waals surface area contributed by atoms with E-state index < -0.39 is 16.0 Å². The molecule has 0 spiro atoms. The van der Waals surface area contributed by atoms with Gasteiger partial charge in [0.15, 0.2) is 0 Å². The van der Waals surface area contributed by atoms with Crippen LogP contribution in [0.5, 0.6) is 5.75 Å². The first-order valence-electron chi connectivity index (χ1n) is 6.71. The largest absolute Gasteiger partial charge is 0.495 e. The first-order valence-corrected chi connectivity index (χ1v) is 8.15.